The van der Waals surface area contributed by atoms with Gasteiger partial charge in [-0.25, -0.2) is 13.4 Å². The molecule has 6 nitrogen and oxygen atoms in total. The van der Waals surface area contributed by atoms with Crippen molar-refractivity contribution in [3.8, 4) is 0 Å². The molecule has 0 heterocycles. The first kappa shape index (κ1) is 19.7. The van der Waals surface area contributed by atoms with Crippen LogP contribution in [-0.2, 0) is 14.8 Å². The Labute approximate surface area is 163 Å². The van der Waals surface area contributed by atoms with Crippen molar-refractivity contribution in [2.75, 3.05) is 0 Å². The van der Waals surface area contributed by atoms with Crippen molar-refractivity contribution < 1.29 is 18.0 Å². The number of amides is 1. The van der Waals surface area contributed by atoms with Crippen LogP contribution in [0.3, 0.4) is 0 Å². The summed E-state index contributed by atoms with van der Waals surface area (Å²) in [5.74, 6) is -0.594. The molecule has 0 saturated heterocycles. The van der Waals surface area contributed by atoms with Gasteiger partial charge in [-0.15, -0.1) is 4.83 Å². The highest BCUT2D eigenvalue weighted by Crippen LogP contribution is 2.20. The average Bonchev–Trinajstić information content (AvgIpc) is 2.73. The van der Waals surface area contributed by atoms with Gasteiger partial charge in [-0.2, -0.15) is 0 Å². The number of carbonyl (C=O) groups excluding carboxylic acids is 2. The van der Waals surface area contributed by atoms with Crippen LogP contribution in [-0.4, -0.2) is 31.7 Å². The molecule has 0 aromatic heterocycles. The van der Waals surface area contributed by atoms with E-state index in [9.17, 15) is 18.0 Å². The molecule has 0 aliphatic rings. The fourth-order valence-corrected chi connectivity index (χ4v) is 3.95. The van der Waals surface area contributed by atoms with E-state index in [0.29, 0.717) is 6.29 Å². The summed E-state index contributed by atoms with van der Waals surface area (Å²) in [4.78, 5) is 26.7. The van der Waals surface area contributed by atoms with Gasteiger partial charge in [0.05, 0.1) is 4.90 Å². The molecule has 1 amide bonds. The number of carbonyl (C=O) groups is 2. The molecule has 7 heteroatoms. The zero-order chi connectivity index (χ0) is 20.1. The van der Waals surface area contributed by atoms with Crippen molar-refractivity contribution in [2.24, 2.45) is 0 Å². The maximum Gasteiger partial charge on any atom is 0.269 e. The number of benzene rings is 3. The number of sulfonamides is 1. The first-order valence-electron chi connectivity index (χ1n) is 8.81. The predicted molar refractivity (Wildman–Crippen MR) is 107 cm³/mol. The normalized spacial score (nSPS) is 12.5. The van der Waals surface area contributed by atoms with Crippen LogP contribution >= 0.6 is 0 Å². The number of nitrogens with zero attached hydrogens (tertiary/aromatic N) is 1. The molecule has 0 spiro atoms. The Morgan fingerprint density at radius 1 is 1.00 bits per heavy atom. The molecule has 0 saturated carbocycles. The second-order valence-corrected chi connectivity index (χ2v) is 7.92. The molecule has 3 rings (SSSR count). The minimum Gasteiger partial charge on any atom is -0.301 e. The van der Waals surface area contributed by atoms with Gasteiger partial charge in [0.1, 0.15) is 12.3 Å². The Kier molecular flexibility index (Phi) is 5.87. The largest absolute Gasteiger partial charge is 0.301 e. The molecule has 1 unspecified atom stereocenters. The topological polar surface area (TPSA) is 83.6 Å². The van der Waals surface area contributed by atoms with Crippen molar-refractivity contribution in [3.05, 3.63) is 78.4 Å². The summed E-state index contributed by atoms with van der Waals surface area (Å²) in [6, 6.07) is 19.4. The monoisotopic (exact) mass is 396 g/mol. The second kappa shape index (κ2) is 8.33. The Morgan fingerprint density at radius 2 is 1.64 bits per heavy atom. The molecule has 0 aliphatic heterocycles. The second-order valence-electron chi connectivity index (χ2n) is 6.26. The summed E-state index contributed by atoms with van der Waals surface area (Å²) < 4.78 is 25.9. The SMILES string of the molecule is CCC(C=O)N(NS(=O)(=O)c1ccc2ccccc2c1)C(=O)c1ccccc1. The molecule has 1 atom stereocenters. The van der Waals surface area contributed by atoms with Crippen LogP contribution in [0.4, 0.5) is 0 Å². The fourth-order valence-electron chi connectivity index (χ4n) is 2.84. The van der Waals surface area contributed by atoms with Gasteiger partial charge in [0.15, 0.2) is 0 Å². The van der Waals surface area contributed by atoms with Gasteiger partial charge in [0.2, 0.25) is 0 Å². The van der Waals surface area contributed by atoms with Crippen LogP contribution in [0.25, 0.3) is 10.8 Å². The molecule has 0 bridgehead atoms. The highest BCUT2D eigenvalue weighted by molar-refractivity contribution is 7.89. The summed E-state index contributed by atoms with van der Waals surface area (Å²) in [5.41, 5.74) is 0.281. The van der Waals surface area contributed by atoms with Crippen LogP contribution in [0.2, 0.25) is 0 Å². The Hall–Kier alpha value is -3.03. The maximum atomic E-state index is 12.9. The fraction of sp³-hybridized carbons (Fsp3) is 0.143. The third kappa shape index (κ3) is 4.11. The number of hydrogen-bond donors (Lipinski definition) is 1. The van der Waals surface area contributed by atoms with Crippen molar-refractivity contribution >= 4 is 33.0 Å². The van der Waals surface area contributed by atoms with E-state index in [-0.39, 0.29) is 16.9 Å². The van der Waals surface area contributed by atoms with Gasteiger partial charge < -0.3 is 4.79 Å². The Bertz CT molecular complexity index is 1100. The third-order valence-electron chi connectivity index (χ3n) is 4.40. The molecule has 0 fully saturated rings. The lowest BCUT2D eigenvalue weighted by Gasteiger charge is -2.27. The summed E-state index contributed by atoms with van der Waals surface area (Å²) in [5, 5.41) is 2.54. The average molecular weight is 396 g/mol. The van der Waals surface area contributed by atoms with Crippen molar-refractivity contribution in [2.45, 2.75) is 24.3 Å². The molecule has 3 aromatic rings. The van der Waals surface area contributed by atoms with E-state index in [0.717, 1.165) is 15.8 Å². The summed E-state index contributed by atoms with van der Waals surface area (Å²) >= 11 is 0. The quantitative estimate of drug-likeness (QED) is 0.491. The molecule has 3 aromatic carbocycles. The van der Waals surface area contributed by atoms with Crippen LogP contribution in [0, 0.1) is 0 Å². The number of hydrazine groups is 1. The Balaban J connectivity index is 1.98. The number of nitrogens with one attached hydrogen (secondary N) is 1. The van der Waals surface area contributed by atoms with Crippen LogP contribution in [0.5, 0.6) is 0 Å². The van der Waals surface area contributed by atoms with Gasteiger partial charge in [-0.1, -0.05) is 55.5 Å². The van der Waals surface area contributed by atoms with Crippen molar-refractivity contribution in [1.29, 1.82) is 0 Å². The van der Waals surface area contributed by atoms with E-state index in [1.165, 1.54) is 12.1 Å². The minimum absolute atomic E-state index is 0.0119. The van der Waals surface area contributed by atoms with Crippen LogP contribution in [0.1, 0.15) is 23.7 Å². The molecular formula is C21H20N2O4S. The van der Waals surface area contributed by atoms with E-state index < -0.39 is 22.0 Å². The van der Waals surface area contributed by atoms with Crippen LogP contribution in [0.15, 0.2) is 77.7 Å². The van der Waals surface area contributed by atoms with Crippen molar-refractivity contribution in [1.82, 2.24) is 9.84 Å². The van der Waals surface area contributed by atoms with Gasteiger partial charge in [0.25, 0.3) is 15.9 Å². The minimum atomic E-state index is -4.07. The Morgan fingerprint density at radius 3 is 2.29 bits per heavy atom. The number of aldehydes is 1. The van der Waals surface area contributed by atoms with Gasteiger partial charge >= 0.3 is 0 Å². The number of hydrogen-bond acceptors (Lipinski definition) is 4. The van der Waals surface area contributed by atoms with Gasteiger partial charge in [0, 0.05) is 5.56 Å². The van der Waals surface area contributed by atoms with E-state index in [1.54, 1.807) is 43.3 Å². The first-order valence-corrected chi connectivity index (χ1v) is 10.3. The maximum absolute atomic E-state index is 12.9. The van der Waals surface area contributed by atoms with Gasteiger partial charge in [-0.05, 0) is 41.5 Å². The highest BCUT2D eigenvalue weighted by atomic mass is 32.2. The molecular weight excluding hydrogens is 376 g/mol. The zero-order valence-corrected chi connectivity index (χ0v) is 16.1. The number of fused-ring (bicyclic) bond motifs is 1. The number of rotatable bonds is 7. The molecule has 28 heavy (non-hydrogen) atoms. The summed E-state index contributed by atoms with van der Waals surface area (Å²) in [6.07, 6.45) is 0.825. The molecule has 0 radical (unpaired) electrons. The molecule has 1 N–H and O–H groups in total. The summed E-state index contributed by atoms with van der Waals surface area (Å²) in [6.45, 7) is 1.70. The van der Waals surface area contributed by atoms with Crippen LogP contribution < -0.4 is 4.83 Å². The highest BCUT2D eigenvalue weighted by Gasteiger charge is 2.28. The lowest BCUT2D eigenvalue weighted by Crippen LogP contribution is -2.52. The standard InChI is InChI=1S/C21H20N2O4S/c1-2-19(15-24)23(21(25)17-9-4-3-5-10-17)22-28(26,27)20-13-12-16-8-6-7-11-18(16)14-20/h3-15,19,22H,2H2,1H3. The molecule has 144 valence electrons. The van der Waals surface area contributed by atoms with E-state index in [2.05, 4.69) is 4.83 Å². The van der Waals surface area contributed by atoms with E-state index in [4.69, 9.17) is 0 Å². The zero-order valence-electron chi connectivity index (χ0n) is 15.3. The van der Waals surface area contributed by atoms with Gasteiger partial charge in [-0.3, -0.25) is 4.79 Å². The first-order chi connectivity index (χ1) is 13.5. The van der Waals surface area contributed by atoms with Crippen molar-refractivity contribution in [3.63, 3.8) is 0 Å². The lowest BCUT2D eigenvalue weighted by molar-refractivity contribution is -0.112. The lowest BCUT2D eigenvalue weighted by atomic mass is 10.1. The third-order valence-corrected chi connectivity index (χ3v) is 5.71. The van der Waals surface area contributed by atoms with E-state index in [1.807, 2.05) is 24.3 Å². The van der Waals surface area contributed by atoms with E-state index >= 15 is 0 Å². The summed E-state index contributed by atoms with van der Waals surface area (Å²) in [7, 11) is -4.07. The predicted octanol–water partition coefficient (Wildman–Crippen LogP) is 3.15. The smallest absolute Gasteiger partial charge is 0.269 e. The molecule has 0 aliphatic carbocycles.